The van der Waals surface area contributed by atoms with Crippen LogP contribution >= 0.6 is 0 Å². The van der Waals surface area contributed by atoms with Gasteiger partial charge in [-0.15, -0.1) is 5.10 Å². The maximum absolute atomic E-state index is 12.3. The van der Waals surface area contributed by atoms with Crippen LogP contribution in [-0.4, -0.2) is 26.1 Å². The van der Waals surface area contributed by atoms with Crippen LogP contribution in [0.1, 0.15) is 10.4 Å². The maximum Gasteiger partial charge on any atom is 0.365 e. The number of fused-ring (bicyclic) bond motifs is 2. The number of hydrogen-bond acceptors (Lipinski definition) is 5. The Labute approximate surface area is 124 Å². The van der Waals surface area contributed by atoms with Gasteiger partial charge in [0.15, 0.2) is 0 Å². The van der Waals surface area contributed by atoms with Gasteiger partial charge in [0, 0.05) is 6.20 Å². The molecule has 0 unspecified atom stereocenters. The summed E-state index contributed by atoms with van der Waals surface area (Å²) in [5.41, 5.74) is 1.61. The molecule has 0 fully saturated rings. The second kappa shape index (κ2) is 4.92. The Hall–Kier alpha value is -3.28. The zero-order valence-corrected chi connectivity index (χ0v) is 11.4. The molecule has 2 aromatic heterocycles. The van der Waals surface area contributed by atoms with Gasteiger partial charge in [-0.2, -0.15) is 0 Å². The fourth-order valence-electron chi connectivity index (χ4n) is 2.27. The second-order valence-corrected chi connectivity index (χ2v) is 4.77. The lowest BCUT2D eigenvalue weighted by molar-refractivity contribution is 0.0409. The normalized spacial score (nSPS) is 10.9. The largest absolute Gasteiger partial charge is 0.365 e. The monoisotopic (exact) mass is 290 g/mol. The van der Waals surface area contributed by atoms with E-state index in [1.54, 1.807) is 30.6 Å². The fourth-order valence-corrected chi connectivity index (χ4v) is 2.27. The van der Waals surface area contributed by atoms with Crippen molar-refractivity contribution in [1.29, 1.82) is 0 Å². The Morgan fingerprint density at radius 2 is 1.91 bits per heavy atom. The molecule has 0 spiro atoms. The molecule has 0 aliphatic rings. The van der Waals surface area contributed by atoms with Crippen LogP contribution in [0.25, 0.3) is 21.8 Å². The van der Waals surface area contributed by atoms with Crippen LogP contribution < -0.4 is 4.84 Å². The third-order valence-electron chi connectivity index (χ3n) is 3.37. The first-order chi connectivity index (χ1) is 10.8. The van der Waals surface area contributed by atoms with Crippen molar-refractivity contribution in [3.05, 3.63) is 66.5 Å². The third kappa shape index (κ3) is 2.07. The number of rotatable bonds is 2. The molecule has 4 aromatic rings. The molecule has 0 aliphatic carbocycles. The number of carbonyl (C=O) groups is 1. The summed E-state index contributed by atoms with van der Waals surface area (Å²) in [7, 11) is 0. The molecule has 22 heavy (non-hydrogen) atoms. The lowest BCUT2D eigenvalue weighted by Crippen LogP contribution is -2.21. The van der Waals surface area contributed by atoms with Gasteiger partial charge in [0.1, 0.15) is 11.0 Å². The van der Waals surface area contributed by atoms with Gasteiger partial charge in [0.05, 0.1) is 11.8 Å². The zero-order valence-electron chi connectivity index (χ0n) is 11.4. The van der Waals surface area contributed by atoms with Crippen molar-refractivity contribution in [3.63, 3.8) is 0 Å². The summed E-state index contributed by atoms with van der Waals surface area (Å²) in [6, 6.07) is 14.9. The molecule has 0 amide bonds. The number of benzene rings is 2. The highest BCUT2D eigenvalue weighted by Gasteiger charge is 2.12. The molecule has 2 heterocycles. The molecular weight excluding hydrogens is 280 g/mol. The molecule has 0 radical (unpaired) electrons. The lowest BCUT2D eigenvalue weighted by atomic mass is 10.1. The Morgan fingerprint density at radius 1 is 1.05 bits per heavy atom. The van der Waals surface area contributed by atoms with Gasteiger partial charge in [0.25, 0.3) is 0 Å². The highest BCUT2D eigenvalue weighted by molar-refractivity contribution is 5.95. The van der Waals surface area contributed by atoms with Crippen LogP contribution in [0, 0.1) is 0 Å². The minimum atomic E-state index is -0.491. The van der Waals surface area contributed by atoms with Gasteiger partial charge in [-0.1, -0.05) is 35.2 Å². The number of hydrogen-bond donors (Lipinski definition) is 0. The summed E-state index contributed by atoms with van der Waals surface area (Å²) < 4.78 is 0. The Bertz CT molecular complexity index is 993. The smallest absolute Gasteiger partial charge is 0.312 e. The van der Waals surface area contributed by atoms with Gasteiger partial charge >= 0.3 is 5.97 Å². The van der Waals surface area contributed by atoms with E-state index in [1.807, 2.05) is 30.3 Å². The van der Waals surface area contributed by atoms with E-state index in [-0.39, 0.29) is 0 Å². The summed E-state index contributed by atoms with van der Waals surface area (Å²) >= 11 is 0. The molecular formula is C16H10N4O2. The van der Waals surface area contributed by atoms with Crippen molar-refractivity contribution in [2.75, 3.05) is 0 Å². The zero-order chi connectivity index (χ0) is 14.9. The minimum Gasteiger partial charge on any atom is -0.312 e. The van der Waals surface area contributed by atoms with E-state index in [0.29, 0.717) is 16.6 Å². The molecule has 4 rings (SSSR count). The van der Waals surface area contributed by atoms with Crippen molar-refractivity contribution >= 4 is 27.8 Å². The lowest BCUT2D eigenvalue weighted by Gasteiger charge is -2.04. The van der Waals surface area contributed by atoms with Gasteiger partial charge in [0.2, 0.25) is 0 Å². The van der Waals surface area contributed by atoms with E-state index in [4.69, 9.17) is 4.84 Å². The van der Waals surface area contributed by atoms with E-state index in [1.165, 1.54) is 0 Å². The van der Waals surface area contributed by atoms with E-state index in [0.717, 1.165) is 15.6 Å². The average Bonchev–Trinajstić information content (AvgIpc) is 2.97. The number of aromatic nitrogens is 4. The van der Waals surface area contributed by atoms with Crippen LogP contribution in [0.15, 0.2) is 60.9 Å². The number of nitrogens with zero attached hydrogens (tertiary/aromatic N) is 4. The summed E-state index contributed by atoms with van der Waals surface area (Å²) in [6.07, 6.45) is 3.15. The van der Waals surface area contributed by atoms with Crippen LogP contribution in [0.4, 0.5) is 0 Å². The minimum absolute atomic E-state index is 0.455. The van der Waals surface area contributed by atoms with E-state index in [9.17, 15) is 4.79 Å². The first-order valence-electron chi connectivity index (χ1n) is 6.68. The number of carbonyl (C=O) groups excluding carboxylic acids is 1. The van der Waals surface area contributed by atoms with Gasteiger partial charge in [-0.3, -0.25) is 4.98 Å². The molecule has 0 bridgehead atoms. The first-order valence-corrected chi connectivity index (χ1v) is 6.68. The molecule has 6 nitrogen and oxygen atoms in total. The summed E-state index contributed by atoms with van der Waals surface area (Å²) in [4.78, 5) is 22.6. The van der Waals surface area contributed by atoms with Crippen molar-refractivity contribution < 1.29 is 9.63 Å². The van der Waals surface area contributed by atoms with Gasteiger partial charge in [-0.25, -0.2) is 4.79 Å². The molecule has 106 valence electrons. The number of pyridine rings is 1. The highest BCUT2D eigenvalue weighted by Crippen LogP contribution is 2.16. The van der Waals surface area contributed by atoms with Crippen LogP contribution in [0.2, 0.25) is 0 Å². The summed E-state index contributed by atoms with van der Waals surface area (Å²) in [6.45, 7) is 0. The van der Waals surface area contributed by atoms with Crippen molar-refractivity contribution in [3.8, 4) is 0 Å². The van der Waals surface area contributed by atoms with Gasteiger partial charge in [-0.05, 0) is 34.2 Å². The maximum atomic E-state index is 12.3. The molecule has 0 saturated heterocycles. The van der Waals surface area contributed by atoms with Gasteiger partial charge < -0.3 is 4.84 Å². The molecule has 6 heteroatoms. The molecule has 2 aromatic carbocycles. The Balaban J connectivity index is 1.68. The van der Waals surface area contributed by atoms with Crippen LogP contribution in [0.5, 0.6) is 0 Å². The Morgan fingerprint density at radius 3 is 2.82 bits per heavy atom. The quantitative estimate of drug-likeness (QED) is 0.530. The molecule has 0 aliphatic heterocycles. The van der Waals surface area contributed by atoms with E-state index in [2.05, 4.69) is 15.3 Å². The average molecular weight is 290 g/mol. The topological polar surface area (TPSA) is 69.9 Å². The third-order valence-corrected chi connectivity index (χ3v) is 3.37. The standard InChI is InChI=1S/C16H10N4O2/c21-16(13-6-5-11-3-1-2-4-12(11)9-13)22-20-15-7-8-17-10-14(15)18-19-20/h1-10H. The van der Waals surface area contributed by atoms with Crippen LogP contribution in [0.3, 0.4) is 0 Å². The summed E-state index contributed by atoms with van der Waals surface area (Å²) in [5, 5.41) is 9.74. The molecule has 0 saturated carbocycles. The van der Waals surface area contributed by atoms with Crippen LogP contribution in [-0.2, 0) is 0 Å². The predicted octanol–water partition coefficient (Wildman–Crippen LogP) is 2.25. The molecule has 0 atom stereocenters. The second-order valence-electron chi connectivity index (χ2n) is 4.77. The molecule has 0 N–H and O–H groups in total. The summed E-state index contributed by atoms with van der Waals surface area (Å²) in [5.74, 6) is -0.491. The van der Waals surface area contributed by atoms with E-state index >= 15 is 0 Å². The van der Waals surface area contributed by atoms with Crippen molar-refractivity contribution in [1.82, 2.24) is 20.1 Å². The fraction of sp³-hybridized carbons (Fsp3) is 0. The predicted molar refractivity (Wildman–Crippen MR) is 80.2 cm³/mol. The van der Waals surface area contributed by atoms with E-state index < -0.39 is 5.97 Å². The Kier molecular flexibility index (Phi) is 2.79. The first kappa shape index (κ1) is 12.5. The van der Waals surface area contributed by atoms with Crippen molar-refractivity contribution in [2.24, 2.45) is 0 Å². The highest BCUT2D eigenvalue weighted by atomic mass is 16.7. The van der Waals surface area contributed by atoms with Crippen molar-refractivity contribution in [2.45, 2.75) is 0 Å². The SMILES string of the molecule is O=C(On1nnc2cnccc21)c1ccc2ccccc2c1.